The third-order valence-corrected chi connectivity index (χ3v) is 5.78. The van der Waals surface area contributed by atoms with Crippen molar-refractivity contribution in [2.75, 3.05) is 18.4 Å². The number of benzene rings is 2. The number of amides is 1. The molecule has 25 heavy (non-hydrogen) atoms. The maximum Gasteiger partial charge on any atom is 0.227 e. The topological polar surface area (TPSA) is 32.3 Å². The predicted molar refractivity (Wildman–Crippen MR) is 107 cm³/mol. The molecule has 3 rings (SSSR count). The molecule has 0 radical (unpaired) electrons. The van der Waals surface area contributed by atoms with Crippen LogP contribution in [-0.4, -0.2) is 23.9 Å². The second-order valence-electron chi connectivity index (χ2n) is 6.26. The Kier molecular flexibility index (Phi) is 6.39. The lowest BCUT2D eigenvalue weighted by atomic mass is 9.95. The van der Waals surface area contributed by atoms with Crippen LogP contribution in [0.5, 0.6) is 0 Å². The van der Waals surface area contributed by atoms with Crippen LogP contribution in [0.2, 0.25) is 10.0 Å². The molecule has 132 valence electrons. The summed E-state index contributed by atoms with van der Waals surface area (Å²) >= 11 is 15.7. The zero-order valence-corrected chi connectivity index (χ0v) is 16.7. The quantitative estimate of drug-likeness (QED) is 0.668. The second kappa shape index (κ2) is 8.54. The van der Waals surface area contributed by atoms with Crippen molar-refractivity contribution in [3.05, 3.63) is 62.5 Å². The standard InChI is InChI=1S/C19H19BrCl2N2O/c20-16-3-1-2-4-18(16)23-19(25)13-7-9-24(10-8-13)12-14-5-6-15(21)11-17(14)22/h1-6,11,13H,7-10,12H2,(H,23,25). The van der Waals surface area contributed by atoms with Gasteiger partial charge in [-0.2, -0.15) is 0 Å². The van der Waals surface area contributed by atoms with Crippen LogP contribution in [0.15, 0.2) is 46.9 Å². The number of para-hydroxylation sites is 1. The minimum atomic E-state index is 0.0454. The Balaban J connectivity index is 1.53. The summed E-state index contributed by atoms with van der Waals surface area (Å²) in [7, 11) is 0. The first-order valence-electron chi connectivity index (χ1n) is 8.24. The molecule has 2 aromatic carbocycles. The first-order valence-corrected chi connectivity index (χ1v) is 9.79. The highest BCUT2D eigenvalue weighted by Crippen LogP contribution is 2.27. The molecule has 1 amide bonds. The van der Waals surface area contributed by atoms with E-state index >= 15 is 0 Å². The molecule has 1 N–H and O–H groups in total. The Morgan fingerprint density at radius 3 is 2.56 bits per heavy atom. The van der Waals surface area contributed by atoms with E-state index in [-0.39, 0.29) is 11.8 Å². The molecule has 6 heteroatoms. The number of nitrogens with zero attached hydrogens (tertiary/aromatic N) is 1. The van der Waals surface area contributed by atoms with Crippen molar-refractivity contribution < 1.29 is 4.79 Å². The molecule has 1 aliphatic heterocycles. The Labute approximate surface area is 166 Å². The Hall–Kier alpha value is -1.07. The van der Waals surface area contributed by atoms with E-state index in [0.717, 1.165) is 48.2 Å². The molecular formula is C19H19BrCl2N2O. The van der Waals surface area contributed by atoms with Gasteiger partial charge in [0.25, 0.3) is 0 Å². The van der Waals surface area contributed by atoms with Gasteiger partial charge in [-0.05, 0) is 71.7 Å². The van der Waals surface area contributed by atoms with Crippen LogP contribution in [0.3, 0.4) is 0 Å². The van der Waals surface area contributed by atoms with Crippen LogP contribution in [0.1, 0.15) is 18.4 Å². The number of rotatable bonds is 4. The van der Waals surface area contributed by atoms with E-state index in [2.05, 4.69) is 26.1 Å². The van der Waals surface area contributed by atoms with E-state index in [1.807, 2.05) is 36.4 Å². The SMILES string of the molecule is O=C(Nc1ccccc1Br)C1CCN(Cc2ccc(Cl)cc2Cl)CC1. The van der Waals surface area contributed by atoms with Gasteiger partial charge in [0.05, 0.1) is 5.69 Å². The van der Waals surface area contributed by atoms with Crippen molar-refractivity contribution in [1.29, 1.82) is 0 Å². The zero-order valence-electron chi connectivity index (χ0n) is 13.6. The van der Waals surface area contributed by atoms with Crippen LogP contribution >= 0.6 is 39.1 Å². The molecule has 0 unspecified atom stereocenters. The van der Waals surface area contributed by atoms with Crippen molar-refractivity contribution in [2.24, 2.45) is 5.92 Å². The molecule has 1 aliphatic rings. The summed E-state index contributed by atoms with van der Waals surface area (Å²) in [5.74, 6) is 0.139. The molecule has 1 fully saturated rings. The molecule has 0 spiro atoms. The Morgan fingerprint density at radius 2 is 1.88 bits per heavy atom. The molecule has 0 atom stereocenters. The number of likely N-dealkylation sites (tertiary alicyclic amines) is 1. The third-order valence-electron chi connectivity index (χ3n) is 4.50. The number of hydrogen-bond acceptors (Lipinski definition) is 2. The van der Waals surface area contributed by atoms with Gasteiger partial charge in [0.15, 0.2) is 0 Å². The van der Waals surface area contributed by atoms with Crippen molar-refractivity contribution in [1.82, 2.24) is 4.90 Å². The smallest absolute Gasteiger partial charge is 0.227 e. The van der Waals surface area contributed by atoms with Crippen LogP contribution in [0, 0.1) is 5.92 Å². The van der Waals surface area contributed by atoms with Crippen LogP contribution in [0.25, 0.3) is 0 Å². The van der Waals surface area contributed by atoms with Crippen LogP contribution < -0.4 is 5.32 Å². The lowest BCUT2D eigenvalue weighted by Gasteiger charge is -2.31. The molecular weight excluding hydrogens is 423 g/mol. The van der Waals surface area contributed by atoms with E-state index in [1.54, 1.807) is 6.07 Å². The highest BCUT2D eigenvalue weighted by Gasteiger charge is 2.25. The molecule has 3 nitrogen and oxygen atoms in total. The van der Waals surface area contributed by atoms with E-state index in [9.17, 15) is 4.79 Å². The van der Waals surface area contributed by atoms with Crippen LogP contribution in [-0.2, 0) is 11.3 Å². The van der Waals surface area contributed by atoms with Crippen molar-refractivity contribution >= 4 is 50.7 Å². The summed E-state index contributed by atoms with van der Waals surface area (Å²) in [5, 5.41) is 4.36. The first-order chi connectivity index (χ1) is 12.0. The fourth-order valence-electron chi connectivity index (χ4n) is 3.04. The summed E-state index contributed by atoms with van der Waals surface area (Å²) < 4.78 is 0.901. The van der Waals surface area contributed by atoms with Gasteiger partial charge in [-0.25, -0.2) is 0 Å². The van der Waals surface area contributed by atoms with Crippen molar-refractivity contribution in [3.8, 4) is 0 Å². The fourth-order valence-corrected chi connectivity index (χ4v) is 3.89. The van der Waals surface area contributed by atoms with Crippen LogP contribution in [0.4, 0.5) is 5.69 Å². The number of anilines is 1. The highest BCUT2D eigenvalue weighted by molar-refractivity contribution is 9.10. The minimum Gasteiger partial charge on any atom is -0.325 e. The average Bonchev–Trinajstić information content (AvgIpc) is 2.60. The van der Waals surface area contributed by atoms with Gasteiger partial charge in [-0.3, -0.25) is 9.69 Å². The number of hydrogen-bond donors (Lipinski definition) is 1. The largest absolute Gasteiger partial charge is 0.325 e. The van der Waals surface area contributed by atoms with Crippen molar-refractivity contribution in [2.45, 2.75) is 19.4 Å². The maximum absolute atomic E-state index is 12.5. The minimum absolute atomic E-state index is 0.0454. The molecule has 0 bridgehead atoms. The van der Waals surface area contributed by atoms with E-state index < -0.39 is 0 Å². The fraction of sp³-hybridized carbons (Fsp3) is 0.316. The number of nitrogens with one attached hydrogen (secondary N) is 1. The summed E-state index contributed by atoms with van der Waals surface area (Å²) in [6.07, 6.45) is 1.70. The summed E-state index contributed by atoms with van der Waals surface area (Å²) in [6, 6.07) is 13.3. The third kappa shape index (κ3) is 4.98. The Morgan fingerprint density at radius 1 is 1.16 bits per heavy atom. The lowest BCUT2D eigenvalue weighted by Crippen LogP contribution is -2.37. The van der Waals surface area contributed by atoms with Gasteiger partial charge < -0.3 is 5.32 Å². The number of halogens is 3. The zero-order chi connectivity index (χ0) is 17.8. The molecule has 1 saturated heterocycles. The van der Waals surface area contributed by atoms with Crippen molar-refractivity contribution in [3.63, 3.8) is 0 Å². The van der Waals surface area contributed by atoms with E-state index in [0.29, 0.717) is 10.0 Å². The van der Waals surface area contributed by atoms with Gasteiger partial charge in [-0.15, -0.1) is 0 Å². The number of carbonyl (C=O) groups excluding carboxylic acids is 1. The number of carbonyl (C=O) groups is 1. The molecule has 0 saturated carbocycles. The summed E-state index contributed by atoms with van der Waals surface area (Å²) in [6.45, 7) is 2.55. The first kappa shape index (κ1) is 18.7. The molecule has 0 aromatic heterocycles. The highest BCUT2D eigenvalue weighted by atomic mass is 79.9. The van der Waals surface area contributed by atoms with Gasteiger partial charge in [0.2, 0.25) is 5.91 Å². The van der Waals surface area contributed by atoms with Gasteiger partial charge in [0, 0.05) is 27.0 Å². The van der Waals surface area contributed by atoms with Gasteiger partial charge in [-0.1, -0.05) is 41.4 Å². The summed E-state index contributed by atoms with van der Waals surface area (Å²) in [5.41, 5.74) is 1.89. The predicted octanol–water partition coefficient (Wildman–Crippen LogP) is 5.61. The molecule has 0 aliphatic carbocycles. The Bertz CT molecular complexity index is 761. The number of piperidine rings is 1. The lowest BCUT2D eigenvalue weighted by molar-refractivity contribution is -0.121. The van der Waals surface area contributed by atoms with E-state index in [4.69, 9.17) is 23.2 Å². The second-order valence-corrected chi connectivity index (χ2v) is 7.95. The molecule has 2 aromatic rings. The summed E-state index contributed by atoms with van der Waals surface area (Å²) in [4.78, 5) is 14.8. The van der Waals surface area contributed by atoms with Gasteiger partial charge in [0.1, 0.15) is 0 Å². The maximum atomic E-state index is 12.5. The van der Waals surface area contributed by atoms with Gasteiger partial charge >= 0.3 is 0 Å². The average molecular weight is 442 g/mol. The molecule has 1 heterocycles. The monoisotopic (exact) mass is 440 g/mol. The van der Waals surface area contributed by atoms with E-state index in [1.165, 1.54) is 0 Å². The normalized spacial score (nSPS) is 16.0.